The molecule has 1 aliphatic heterocycles. The smallest absolute Gasteiger partial charge is 0.164 e. The molecule has 0 bridgehead atoms. The van der Waals surface area contributed by atoms with Gasteiger partial charge in [-0.25, -0.2) is 9.97 Å². The van der Waals surface area contributed by atoms with Gasteiger partial charge in [-0.3, -0.25) is 0 Å². The summed E-state index contributed by atoms with van der Waals surface area (Å²) in [5.74, 6) is 0.727. The summed E-state index contributed by atoms with van der Waals surface area (Å²) >= 11 is 1.54. The van der Waals surface area contributed by atoms with Crippen molar-refractivity contribution < 1.29 is 20.1 Å². The summed E-state index contributed by atoms with van der Waals surface area (Å²) in [5.41, 5.74) is 0.608. The molecule has 118 valence electrons. The maximum Gasteiger partial charge on any atom is 0.164 e. The summed E-state index contributed by atoms with van der Waals surface area (Å²) in [5, 5.41) is 30.8. The topological polar surface area (TPSA) is 101 Å². The van der Waals surface area contributed by atoms with Gasteiger partial charge in [-0.1, -0.05) is 6.08 Å². The van der Waals surface area contributed by atoms with Crippen molar-refractivity contribution in [2.45, 2.75) is 29.6 Å². The predicted molar refractivity (Wildman–Crippen MR) is 81.5 cm³/mol. The highest BCUT2D eigenvalue weighted by Crippen LogP contribution is 2.33. The molecule has 0 spiro atoms. The number of aliphatic hydroxyl groups excluding tert-OH is 3. The fourth-order valence-corrected chi connectivity index (χ4v) is 3.23. The van der Waals surface area contributed by atoms with Crippen molar-refractivity contribution in [1.29, 1.82) is 0 Å². The molecule has 3 rings (SSSR count). The number of fused-ring (bicyclic) bond motifs is 1. The van der Waals surface area contributed by atoms with E-state index in [-0.39, 0.29) is 6.61 Å². The van der Waals surface area contributed by atoms with Crippen molar-refractivity contribution in [3.8, 4) is 0 Å². The van der Waals surface area contributed by atoms with Gasteiger partial charge in [-0.05, 0) is 6.07 Å². The molecule has 2 aromatic heterocycles. The summed E-state index contributed by atoms with van der Waals surface area (Å²) in [6.07, 6.45) is 1.10. The number of ether oxygens (including phenoxy) is 1. The molecule has 0 saturated carbocycles. The van der Waals surface area contributed by atoms with E-state index in [0.717, 1.165) is 16.2 Å². The lowest BCUT2D eigenvalue weighted by Crippen LogP contribution is -2.33. The molecule has 1 saturated heterocycles. The molecule has 4 atom stereocenters. The van der Waals surface area contributed by atoms with Crippen molar-refractivity contribution in [1.82, 2.24) is 14.5 Å². The van der Waals surface area contributed by atoms with Crippen LogP contribution >= 0.6 is 11.8 Å². The highest BCUT2D eigenvalue weighted by molar-refractivity contribution is 7.99. The van der Waals surface area contributed by atoms with E-state index in [1.165, 1.54) is 18.1 Å². The Bertz CT molecular complexity index is 677. The molecule has 7 nitrogen and oxygen atoms in total. The van der Waals surface area contributed by atoms with E-state index >= 15 is 0 Å². The van der Waals surface area contributed by atoms with Gasteiger partial charge in [-0.2, -0.15) is 0 Å². The summed E-state index contributed by atoms with van der Waals surface area (Å²) < 4.78 is 7.19. The van der Waals surface area contributed by atoms with Crippen LogP contribution in [0.15, 0.2) is 36.3 Å². The molecule has 1 aliphatic rings. The number of hydrogen-bond acceptors (Lipinski definition) is 7. The number of rotatable bonds is 5. The second-order valence-electron chi connectivity index (χ2n) is 4.97. The molecule has 3 N–H and O–H groups in total. The van der Waals surface area contributed by atoms with Crippen molar-refractivity contribution in [3.05, 3.63) is 31.2 Å². The summed E-state index contributed by atoms with van der Waals surface area (Å²) in [6, 6.07) is 1.84. The normalized spacial score (nSPS) is 28.3. The number of aromatic nitrogens is 3. The van der Waals surface area contributed by atoms with Gasteiger partial charge in [0, 0.05) is 11.9 Å². The summed E-state index contributed by atoms with van der Waals surface area (Å²) in [4.78, 5) is 8.49. The molecule has 22 heavy (non-hydrogen) atoms. The van der Waals surface area contributed by atoms with Crippen LogP contribution in [0.3, 0.4) is 0 Å². The highest BCUT2D eigenvalue weighted by Gasteiger charge is 2.43. The van der Waals surface area contributed by atoms with Gasteiger partial charge in [0.2, 0.25) is 0 Å². The Labute approximate surface area is 131 Å². The van der Waals surface area contributed by atoms with Crippen molar-refractivity contribution in [2.75, 3.05) is 12.4 Å². The number of thioether (sulfide) groups is 1. The average molecular weight is 323 g/mol. The van der Waals surface area contributed by atoms with E-state index in [4.69, 9.17) is 4.74 Å². The van der Waals surface area contributed by atoms with Crippen LogP contribution in [0.25, 0.3) is 11.0 Å². The van der Waals surface area contributed by atoms with E-state index < -0.39 is 24.5 Å². The zero-order chi connectivity index (χ0) is 15.7. The third-order valence-electron chi connectivity index (χ3n) is 3.60. The minimum atomic E-state index is -1.14. The third kappa shape index (κ3) is 2.53. The lowest BCUT2D eigenvalue weighted by atomic mass is 10.1. The minimum Gasteiger partial charge on any atom is -0.394 e. The van der Waals surface area contributed by atoms with Crippen LogP contribution in [-0.4, -0.2) is 60.5 Å². The molecule has 0 amide bonds. The van der Waals surface area contributed by atoms with Crippen LogP contribution in [0.4, 0.5) is 0 Å². The first kappa shape index (κ1) is 15.4. The number of nitrogens with zero attached hydrogens (tertiary/aromatic N) is 3. The number of hydrogen-bond donors (Lipinski definition) is 3. The van der Waals surface area contributed by atoms with Gasteiger partial charge in [0.1, 0.15) is 35.3 Å². The zero-order valence-electron chi connectivity index (χ0n) is 11.7. The summed E-state index contributed by atoms with van der Waals surface area (Å²) in [7, 11) is 0. The van der Waals surface area contributed by atoms with Crippen molar-refractivity contribution in [2.24, 2.45) is 0 Å². The van der Waals surface area contributed by atoms with E-state index in [1.807, 2.05) is 6.07 Å². The van der Waals surface area contributed by atoms with Crippen LogP contribution in [0, 0.1) is 0 Å². The molecule has 0 radical (unpaired) electrons. The van der Waals surface area contributed by atoms with Crippen molar-refractivity contribution >= 4 is 22.8 Å². The van der Waals surface area contributed by atoms with Gasteiger partial charge in [0.25, 0.3) is 0 Å². The molecular formula is C14H17N3O4S. The van der Waals surface area contributed by atoms with Crippen molar-refractivity contribution in [3.63, 3.8) is 0 Å². The summed E-state index contributed by atoms with van der Waals surface area (Å²) in [6.45, 7) is 3.33. The zero-order valence-corrected chi connectivity index (χ0v) is 12.6. The molecule has 8 heteroatoms. The highest BCUT2D eigenvalue weighted by atomic mass is 32.2. The van der Waals surface area contributed by atoms with Gasteiger partial charge < -0.3 is 24.6 Å². The Morgan fingerprint density at radius 3 is 2.86 bits per heavy atom. The van der Waals surface area contributed by atoms with Gasteiger partial charge in [0.15, 0.2) is 6.23 Å². The predicted octanol–water partition coefficient (Wildman–Crippen LogP) is 0.321. The van der Waals surface area contributed by atoms with Crippen LogP contribution in [-0.2, 0) is 4.74 Å². The van der Waals surface area contributed by atoms with E-state index in [1.54, 1.807) is 16.8 Å². The SMILES string of the molecule is C=CCSc1ncnc2c1ccn2[C@@H]1O[C@H](CO)[C@@H](O)[C@H]1O. The second kappa shape index (κ2) is 6.35. The van der Waals surface area contributed by atoms with Crippen LogP contribution < -0.4 is 0 Å². The maximum atomic E-state index is 10.1. The van der Waals surface area contributed by atoms with E-state index in [0.29, 0.717) is 5.65 Å². The average Bonchev–Trinajstić information content (AvgIpc) is 3.08. The molecule has 0 aliphatic carbocycles. The van der Waals surface area contributed by atoms with Gasteiger partial charge >= 0.3 is 0 Å². The molecule has 1 fully saturated rings. The first-order valence-electron chi connectivity index (χ1n) is 6.85. The molecular weight excluding hydrogens is 306 g/mol. The Balaban J connectivity index is 1.97. The van der Waals surface area contributed by atoms with E-state index in [9.17, 15) is 15.3 Å². The standard InChI is InChI=1S/C14H17N3O4S/c1-2-5-22-13-8-3-4-17(12(8)15-7-16-13)14-11(20)10(19)9(6-18)21-14/h2-4,7,9-11,14,18-20H,1,5-6H2/t9-,10-,11-,14-/m1/s1. The number of aliphatic hydroxyl groups is 3. The first-order chi connectivity index (χ1) is 10.7. The Kier molecular flexibility index (Phi) is 4.46. The lowest BCUT2D eigenvalue weighted by Gasteiger charge is -2.17. The Hall–Kier alpha value is -1.45. The quantitative estimate of drug-likeness (QED) is 0.414. The van der Waals surface area contributed by atoms with Gasteiger partial charge in [0.05, 0.1) is 12.0 Å². The Morgan fingerprint density at radius 1 is 1.36 bits per heavy atom. The van der Waals surface area contributed by atoms with Crippen LogP contribution in [0.1, 0.15) is 6.23 Å². The molecule has 0 aromatic carbocycles. The van der Waals surface area contributed by atoms with Crippen LogP contribution in [0.2, 0.25) is 0 Å². The monoisotopic (exact) mass is 323 g/mol. The maximum absolute atomic E-state index is 10.1. The van der Waals surface area contributed by atoms with Crippen LogP contribution in [0.5, 0.6) is 0 Å². The lowest BCUT2D eigenvalue weighted by molar-refractivity contribution is -0.0508. The fourth-order valence-electron chi connectivity index (χ4n) is 2.52. The third-order valence-corrected chi connectivity index (χ3v) is 4.60. The minimum absolute atomic E-state index is 0.358. The second-order valence-corrected chi connectivity index (χ2v) is 5.98. The Morgan fingerprint density at radius 2 is 2.18 bits per heavy atom. The fraction of sp³-hybridized carbons (Fsp3) is 0.429. The molecule has 3 heterocycles. The van der Waals surface area contributed by atoms with Gasteiger partial charge in [-0.15, -0.1) is 18.3 Å². The largest absolute Gasteiger partial charge is 0.394 e. The molecule has 0 unspecified atom stereocenters. The molecule has 2 aromatic rings. The van der Waals surface area contributed by atoms with E-state index in [2.05, 4.69) is 16.5 Å². The first-order valence-corrected chi connectivity index (χ1v) is 7.83.